The van der Waals surface area contributed by atoms with Gasteiger partial charge in [-0.1, -0.05) is 79.8 Å². The first-order valence-corrected chi connectivity index (χ1v) is 9.23. The van der Waals surface area contributed by atoms with Crippen LogP contribution < -0.4 is 0 Å². The summed E-state index contributed by atoms with van der Waals surface area (Å²) in [6.45, 7) is 14.7. The SMILES string of the molecule is CC(C)(C)P(CC1=N[C@H](c2ccccc2)CO1)C(C)(C)C. The fourth-order valence-corrected chi connectivity index (χ4v) is 6.38. The molecule has 0 amide bonds. The van der Waals surface area contributed by atoms with Crippen molar-refractivity contribution in [2.45, 2.75) is 57.9 Å². The molecule has 0 N–H and O–H groups in total. The van der Waals surface area contributed by atoms with Crippen LogP contribution in [0.4, 0.5) is 0 Å². The first-order chi connectivity index (χ1) is 9.68. The smallest absolute Gasteiger partial charge is 0.188 e. The molecule has 1 aromatic carbocycles. The number of benzene rings is 1. The second-order valence-electron chi connectivity index (χ2n) is 7.69. The summed E-state index contributed by atoms with van der Waals surface area (Å²) in [6, 6.07) is 10.6. The predicted octanol–water partition coefficient (Wildman–Crippen LogP) is 5.24. The van der Waals surface area contributed by atoms with Gasteiger partial charge in [0.1, 0.15) is 12.6 Å². The average Bonchev–Trinajstić information content (AvgIpc) is 2.83. The maximum atomic E-state index is 5.91. The van der Waals surface area contributed by atoms with E-state index in [2.05, 4.69) is 65.8 Å². The van der Waals surface area contributed by atoms with Gasteiger partial charge >= 0.3 is 0 Å². The third-order valence-electron chi connectivity index (χ3n) is 3.80. The number of rotatable bonds is 3. The molecule has 1 aromatic rings. The summed E-state index contributed by atoms with van der Waals surface area (Å²) in [5, 5.41) is 0.620. The first kappa shape index (κ1) is 16.5. The largest absolute Gasteiger partial charge is 0.478 e. The van der Waals surface area contributed by atoms with Crippen molar-refractivity contribution in [3.05, 3.63) is 35.9 Å². The third kappa shape index (κ3) is 4.30. The highest BCUT2D eigenvalue weighted by molar-refractivity contribution is 7.61. The van der Waals surface area contributed by atoms with E-state index in [4.69, 9.17) is 9.73 Å². The molecule has 0 saturated carbocycles. The van der Waals surface area contributed by atoms with Gasteiger partial charge in [0, 0.05) is 6.16 Å². The molecule has 0 saturated heterocycles. The monoisotopic (exact) mass is 305 g/mol. The lowest BCUT2D eigenvalue weighted by Gasteiger charge is -2.41. The van der Waals surface area contributed by atoms with Crippen molar-refractivity contribution < 1.29 is 4.74 Å². The van der Waals surface area contributed by atoms with Crippen molar-refractivity contribution >= 4 is 13.8 Å². The minimum atomic E-state index is -0.198. The van der Waals surface area contributed by atoms with E-state index < -0.39 is 0 Å². The van der Waals surface area contributed by atoms with E-state index in [1.54, 1.807) is 0 Å². The van der Waals surface area contributed by atoms with Crippen molar-refractivity contribution in [2.75, 3.05) is 12.8 Å². The predicted molar refractivity (Wildman–Crippen MR) is 93.9 cm³/mol. The molecular weight excluding hydrogens is 277 g/mol. The van der Waals surface area contributed by atoms with E-state index in [1.165, 1.54) is 5.56 Å². The van der Waals surface area contributed by atoms with E-state index >= 15 is 0 Å². The quantitative estimate of drug-likeness (QED) is 0.700. The molecule has 1 atom stereocenters. The summed E-state index contributed by atoms with van der Waals surface area (Å²) in [4.78, 5) is 4.84. The van der Waals surface area contributed by atoms with Crippen molar-refractivity contribution in [1.82, 2.24) is 0 Å². The number of aliphatic imine (C=N–C) groups is 1. The van der Waals surface area contributed by atoms with Gasteiger partial charge in [0.15, 0.2) is 5.90 Å². The van der Waals surface area contributed by atoms with E-state index in [0.29, 0.717) is 16.9 Å². The minimum Gasteiger partial charge on any atom is -0.478 e. The Bertz CT molecular complexity index is 482. The molecule has 21 heavy (non-hydrogen) atoms. The Balaban J connectivity index is 2.13. The van der Waals surface area contributed by atoms with Crippen LogP contribution >= 0.6 is 7.92 Å². The molecule has 2 nitrogen and oxygen atoms in total. The minimum absolute atomic E-state index is 0.179. The van der Waals surface area contributed by atoms with E-state index in [0.717, 1.165) is 12.1 Å². The number of ether oxygens (including phenoxy) is 1. The highest BCUT2D eigenvalue weighted by Crippen LogP contribution is 2.59. The van der Waals surface area contributed by atoms with Gasteiger partial charge in [0.05, 0.1) is 0 Å². The molecule has 1 aliphatic rings. The van der Waals surface area contributed by atoms with E-state index in [1.807, 2.05) is 6.07 Å². The normalized spacial score (nSPS) is 19.6. The van der Waals surface area contributed by atoms with Crippen LogP contribution in [0.2, 0.25) is 0 Å². The summed E-state index contributed by atoms with van der Waals surface area (Å²) < 4.78 is 5.91. The Labute approximate surface area is 130 Å². The molecule has 0 aliphatic carbocycles. The van der Waals surface area contributed by atoms with Gasteiger partial charge in [-0.15, -0.1) is 0 Å². The van der Waals surface area contributed by atoms with Crippen LogP contribution in [0.1, 0.15) is 53.1 Å². The highest BCUT2D eigenvalue weighted by atomic mass is 31.1. The Morgan fingerprint density at radius 3 is 2.14 bits per heavy atom. The van der Waals surface area contributed by atoms with Gasteiger partial charge in [-0.25, -0.2) is 4.99 Å². The van der Waals surface area contributed by atoms with Crippen LogP contribution in [0.5, 0.6) is 0 Å². The molecular formula is C18H28NOP. The van der Waals surface area contributed by atoms with Crippen LogP contribution in [-0.4, -0.2) is 29.0 Å². The lowest BCUT2D eigenvalue weighted by atomic mass is 10.1. The summed E-state index contributed by atoms with van der Waals surface area (Å²) in [5.41, 5.74) is 1.25. The third-order valence-corrected chi connectivity index (χ3v) is 7.63. The fourth-order valence-electron chi connectivity index (χ4n) is 2.97. The van der Waals surface area contributed by atoms with Gasteiger partial charge in [-0.3, -0.25) is 0 Å². The summed E-state index contributed by atoms with van der Waals surface area (Å²) >= 11 is 0. The van der Waals surface area contributed by atoms with Gasteiger partial charge < -0.3 is 4.74 Å². The van der Waals surface area contributed by atoms with Gasteiger partial charge in [0.2, 0.25) is 0 Å². The molecule has 0 spiro atoms. The summed E-state index contributed by atoms with van der Waals surface area (Å²) in [7, 11) is -0.198. The van der Waals surface area contributed by atoms with Crippen LogP contribution in [-0.2, 0) is 4.74 Å². The van der Waals surface area contributed by atoms with E-state index in [-0.39, 0.29) is 14.0 Å². The molecule has 116 valence electrons. The summed E-state index contributed by atoms with van der Waals surface area (Å²) in [6.07, 6.45) is 0.992. The van der Waals surface area contributed by atoms with Gasteiger partial charge in [0.25, 0.3) is 0 Å². The Kier molecular flexibility index (Phi) is 4.78. The van der Waals surface area contributed by atoms with Gasteiger partial charge in [-0.2, -0.15) is 0 Å². The Morgan fingerprint density at radius 1 is 1.05 bits per heavy atom. The van der Waals surface area contributed by atoms with Crippen LogP contribution in [0.25, 0.3) is 0 Å². The highest BCUT2D eigenvalue weighted by Gasteiger charge is 2.36. The molecule has 0 radical (unpaired) electrons. The van der Waals surface area contributed by atoms with Gasteiger partial charge in [-0.05, 0) is 15.9 Å². The fraction of sp³-hybridized carbons (Fsp3) is 0.611. The molecule has 0 fully saturated rings. The zero-order valence-electron chi connectivity index (χ0n) is 14.2. The van der Waals surface area contributed by atoms with Crippen LogP contribution in [0, 0.1) is 0 Å². The molecule has 2 rings (SSSR count). The zero-order chi connectivity index (χ0) is 15.7. The van der Waals surface area contributed by atoms with Crippen molar-refractivity contribution in [3.8, 4) is 0 Å². The lowest BCUT2D eigenvalue weighted by Crippen LogP contribution is -2.29. The number of hydrogen-bond acceptors (Lipinski definition) is 2. The molecule has 3 heteroatoms. The summed E-state index contributed by atoms with van der Waals surface area (Å²) in [5.74, 6) is 0.958. The molecule has 0 bridgehead atoms. The van der Waals surface area contributed by atoms with Crippen molar-refractivity contribution in [2.24, 2.45) is 4.99 Å². The second-order valence-corrected chi connectivity index (χ2v) is 11.5. The Hall–Kier alpha value is -0.880. The maximum absolute atomic E-state index is 5.91. The second kappa shape index (κ2) is 6.08. The molecule has 0 aromatic heterocycles. The zero-order valence-corrected chi connectivity index (χ0v) is 15.1. The molecule has 1 aliphatic heterocycles. The lowest BCUT2D eigenvalue weighted by molar-refractivity contribution is 0.317. The van der Waals surface area contributed by atoms with E-state index in [9.17, 15) is 0 Å². The van der Waals surface area contributed by atoms with Crippen molar-refractivity contribution in [3.63, 3.8) is 0 Å². The van der Waals surface area contributed by atoms with Crippen LogP contribution in [0.15, 0.2) is 35.3 Å². The standard InChI is InChI=1S/C18H28NOP/c1-17(2,3)21(18(4,5)6)13-16-19-15(12-20-16)14-10-8-7-9-11-14/h7-11,15H,12-13H2,1-6H3/t15-/m0/s1. The number of hydrogen-bond donors (Lipinski definition) is 0. The number of nitrogens with zero attached hydrogens (tertiary/aromatic N) is 1. The van der Waals surface area contributed by atoms with Crippen molar-refractivity contribution in [1.29, 1.82) is 0 Å². The first-order valence-electron chi connectivity index (χ1n) is 7.70. The Morgan fingerprint density at radius 2 is 1.62 bits per heavy atom. The van der Waals surface area contributed by atoms with Crippen LogP contribution in [0.3, 0.4) is 0 Å². The molecule has 0 unspecified atom stereocenters. The maximum Gasteiger partial charge on any atom is 0.188 e. The topological polar surface area (TPSA) is 21.6 Å². The average molecular weight is 305 g/mol. The molecule has 1 heterocycles.